The Bertz CT molecular complexity index is 593. The van der Waals surface area contributed by atoms with Crippen LogP contribution in [-0.4, -0.2) is 24.2 Å². The van der Waals surface area contributed by atoms with Gasteiger partial charge in [0.15, 0.2) is 5.15 Å². The van der Waals surface area contributed by atoms with Crippen molar-refractivity contribution in [3.63, 3.8) is 0 Å². The number of aromatic nitrogens is 2. The summed E-state index contributed by atoms with van der Waals surface area (Å²) in [7, 11) is -1.06. The number of rotatable bonds is 6. The average Bonchev–Trinajstić information content (AvgIpc) is 2.73. The van der Waals surface area contributed by atoms with Crippen molar-refractivity contribution in [3.8, 4) is 0 Å². The first-order valence-electron chi connectivity index (χ1n) is 6.69. The molecule has 20 heavy (non-hydrogen) atoms. The predicted molar refractivity (Wildman–Crippen MR) is 88.4 cm³/mol. The van der Waals surface area contributed by atoms with Crippen LogP contribution in [0.1, 0.15) is 5.69 Å². The van der Waals surface area contributed by atoms with Crippen molar-refractivity contribution in [3.05, 3.63) is 29.2 Å². The van der Waals surface area contributed by atoms with Gasteiger partial charge in [-0.1, -0.05) is 31.2 Å². The molecule has 0 aromatic carbocycles. The first-order chi connectivity index (χ1) is 9.42. The summed E-state index contributed by atoms with van der Waals surface area (Å²) in [5.74, 6) is 0.433. The molecule has 0 amide bonds. The van der Waals surface area contributed by atoms with Gasteiger partial charge >= 0.3 is 0 Å². The molecule has 2 aromatic rings. The Kier molecular flexibility index (Phi) is 5.12. The van der Waals surface area contributed by atoms with E-state index in [1.807, 2.05) is 16.7 Å². The molecule has 0 fully saturated rings. The molecule has 2 aromatic heterocycles. The summed E-state index contributed by atoms with van der Waals surface area (Å²) in [5, 5.41) is 1.54. The largest absolute Gasteiger partial charge is 0.361 e. The van der Waals surface area contributed by atoms with Crippen molar-refractivity contribution in [2.45, 2.75) is 38.3 Å². The molecule has 3 nitrogen and oxygen atoms in total. The van der Waals surface area contributed by atoms with E-state index in [9.17, 15) is 0 Å². The molecule has 2 heterocycles. The van der Waals surface area contributed by atoms with Gasteiger partial charge in [-0.2, -0.15) is 0 Å². The van der Waals surface area contributed by atoms with Crippen LogP contribution >= 0.6 is 23.2 Å². The fraction of sp³-hybridized carbons (Fsp3) is 0.500. The van der Waals surface area contributed by atoms with Gasteiger partial charge in [0.05, 0.1) is 11.4 Å². The Morgan fingerprint density at radius 3 is 2.75 bits per heavy atom. The second-order valence-electron chi connectivity index (χ2n) is 6.08. The highest BCUT2D eigenvalue weighted by Crippen LogP contribution is 2.26. The summed E-state index contributed by atoms with van der Waals surface area (Å²) in [5.41, 5.74) is 1.90. The third-order valence-electron chi connectivity index (χ3n) is 3.20. The number of fused-ring (bicyclic) bond motifs is 1. The first kappa shape index (κ1) is 15.8. The van der Waals surface area contributed by atoms with Crippen LogP contribution in [0.5, 0.6) is 0 Å². The number of alkyl halides is 1. The molecule has 0 N–H and O–H groups in total. The highest BCUT2D eigenvalue weighted by molar-refractivity contribution is 6.76. The molecule has 0 radical (unpaired) electrons. The lowest BCUT2D eigenvalue weighted by Crippen LogP contribution is -2.22. The number of hydrogen-bond acceptors (Lipinski definition) is 2. The van der Waals surface area contributed by atoms with E-state index in [0.717, 1.165) is 29.2 Å². The molecular formula is C14H20Cl2N2OSi. The Morgan fingerprint density at radius 2 is 2.10 bits per heavy atom. The van der Waals surface area contributed by atoms with E-state index >= 15 is 0 Å². The molecule has 2 rings (SSSR count). The van der Waals surface area contributed by atoms with Gasteiger partial charge < -0.3 is 9.30 Å². The van der Waals surface area contributed by atoms with Crippen LogP contribution in [0.2, 0.25) is 30.8 Å². The van der Waals surface area contributed by atoms with Crippen LogP contribution in [0.3, 0.4) is 0 Å². The lowest BCUT2D eigenvalue weighted by molar-refractivity contribution is 0.0888. The fourth-order valence-corrected chi connectivity index (χ4v) is 3.26. The number of hydrogen-bond donors (Lipinski definition) is 0. The van der Waals surface area contributed by atoms with E-state index < -0.39 is 8.07 Å². The number of halogens is 2. The minimum Gasteiger partial charge on any atom is -0.361 e. The molecule has 0 aliphatic carbocycles. The Balaban J connectivity index is 2.16. The van der Waals surface area contributed by atoms with Gasteiger partial charge in [-0.15, -0.1) is 11.6 Å². The van der Waals surface area contributed by atoms with E-state index in [1.165, 1.54) is 0 Å². The lowest BCUT2D eigenvalue weighted by Gasteiger charge is -2.16. The molecular weight excluding hydrogens is 311 g/mol. The summed E-state index contributed by atoms with van der Waals surface area (Å²) >= 11 is 12.2. The van der Waals surface area contributed by atoms with E-state index in [1.54, 1.807) is 6.20 Å². The van der Waals surface area contributed by atoms with Gasteiger partial charge in [0.2, 0.25) is 0 Å². The molecule has 0 aliphatic heterocycles. The van der Waals surface area contributed by atoms with Gasteiger partial charge in [-0.05, 0) is 18.2 Å². The zero-order valence-corrected chi connectivity index (χ0v) is 14.6. The highest BCUT2D eigenvalue weighted by atomic mass is 35.5. The standard InChI is InChI=1S/C14H20Cl2N2OSi/c1-20(2,3)7-6-19-10-18-12(9-15)8-11-4-5-17-14(16)13(11)18/h4-5,8H,6-7,9-10H2,1-3H3. The van der Waals surface area contributed by atoms with Gasteiger partial charge in [-0.25, -0.2) is 4.98 Å². The summed E-state index contributed by atoms with van der Waals surface area (Å²) in [6.07, 6.45) is 1.71. The minimum atomic E-state index is -1.06. The van der Waals surface area contributed by atoms with Crippen molar-refractivity contribution in [1.29, 1.82) is 0 Å². The summed E-state index contributed by atoms with van der Waals surface area (Å²) < 4.78 is 7.83. The summed E-state index contributed by atoms with van der Waals surface area (Å²) in [6, 6.07) is 5.13. The SMILES string of the molecule is C[Si](C)(C)CCOCn1c(CCl)cc2ccnc(Cl)c21. The predicted octanol–water partition coefficient (Wildman–Crippen LogP) is 4.74. The van der Waals surface area contributed by atoms with Crippen molar-refractivity contribution in [2.75, 3.05) is 6.61 Å². The van der Waals surface area contributed by atoms with Crippen LogP contribution in [0.15, 0.2) is 18.3 Å². The zero-order chi connectivity index (χ0) is 14.8. The molecule has 0 saturated carbocycles. The van der Waals surface area contributed by atoms with Crippen molar-refractivity contribution >= 4 is 42.2 Å². The van der Waals surface area contributed by atoms with Gasteiger partial charge in [-0.3, -0.25) is 0 Å². The van der Waals surface area contributed by atoms with Gasteiger partial charge in [0, 0.05) is 32.0 Å². The van der Waals surface area contributed by atoms with Gasteiger partial charge in [0.1, 0.15) is 6.73 Å². The molecule has 0 bridgehead atoms. The van der Waals surface area contributed by atoms with Crippen molar-refractivity contribution in [2.24, 2.45) is 0 Å². The minimum absolute atomic E-state index is 0.433. The number of ether oxygens (including phenoxy) is 1. The van der Waals surface area contributed by atoms with Crippen LogP contribution in [0.4, 0.5) is 0 Å². The van der Waals surface area contributed by atoms with Crippen LogP contribution in [0.25, 0.3) is 10.9 Å². The van der Waals surface area contributed by atoms with E-state index in [0.29, 0.717) is 17.8 Å². The zero-order valence-electron chi connectivity index (χ0n) is 12.1. The van der Waals surface area contributed by atoms with E-state index in [-0.39, 0.29) is 0 Å². The van der Waals surface area contributed by atoms with Crippen LogP contribution in [-0.2, 0) is 17.3 Å². The Hall–Kier alpha value is -0.553. The maximum Gasteiger partial charge on any atom is 0.153 e. The molecule has 0 aliphatic rings. The maximum absolute atomic E-state index is 6.19. The second kappa shape index (κ2) is 6.48. The smallest absolute Gasteiger partial charge is 0.153 e. The second-order valence-corrected chi connectivity index (χ2v) is 12.3. The number of nitrogens with zero attached hydrogens (tertiary/aromatic N) is 2. The topological polar surface area (TPSA) is 27.1 Å². The van der Waals surface area contributed by atoms with Crippen molar-refractivity contribution < 1.29 is 4.74 Å². The van der Waals surface area contributed by atoms with Crippen molar-refractivity contribution in [1.82, 2.24) is 9.55 Å². The van der Waals surface area contributed by atoms with E-state index in [2.05, 4.69) is 24.6 Å². The summed E-state index contributed by atoms with van der Waals surface area (Å²) in [4.78, 5) is 4.14. The molecule has 110 valence electrons. The molecule has 0 spiro atoms. The molecule has 0 atom stereocenters. The third-order valence-corrected chi connectivity index (χ3v) is 5.46. The summed E-state index contributed by atoms with van der Waals surface area (Å²) in [6.45, 7) is 8.27. The molecule has 0 unspecified atom stereocenters. The Labute approximate surface area is 130 Å². The average molecular weight is 331 g/mol. The highest BCUT2D eigenvalue weighted by Gasteiger charge is 2.14. The van der Waals surface area contributed by atoms with Crippen LogP contribution < -0.4 is 0 Å². The monoisotopic (exact) mass is 330 g/mol. The van der Waals surface area contributed by atoms with Gasteiger partial charge in [0.25, 0.3) is 0 Å². The molecule has 6 heteroatoms. The quantitative estimate of drug-likeness (QED) is 0.331. The normalized spacial score (nSPS) is 12.2. The third kappa shape index (κ3) is 3.76. The maximum atomic E-state index is 6.19. The first-order valence-corrected chi connectivity index (χ1v) is 11.3. The van der Waals surface area contributed by atoms with E-state index in [4.69, 9.17) is 27.9 Å². The molecule has 0 saturated heterocycles. The van der Waals surface area contributed by atoms with Crippen LogP contribution in [0, 0.1) is 0 Å². The number of pyridine rings is 1. The Morgan fingerprint density at radius 1 is 1.35 bits per heavy atom. The fourth-order valence-electron chi connectivity index (χ4n) is 2.02. The lowest BCUT2D eigenvalue weighted by atomic mass is 10.3.